The van der Waals surface area contributed by atoms with Gasteiger partial charge in [-0.25, -0.2) is 0 Å². The number of nitrogens with one attached hydrogen (secondary N) is 2. The first-order chi connectivity index (χ1) is 15.1. The van der Waals surface area contributed by atoms with Crippen LogP contribution < -0.4 is 15.4 Å². The molecule has 1 aliphatic rings. The van der Waals surface area contributed by atoms with Crippen molar-refractivity contribution in [2.45, 2.75) is 4.90 Å². The van der Waals surface area contributed by atoms with Crippen LogP contribution in [0.3, 0.4) is 0 Å². The number of anilines is 2. The molecule has 0 aliphatic carbocycles. The maximum Gasteiger partial charge on any atom is 0.262 e. The predicted molar refractivity (Wildman–Crippen MR) is 126 cm³/mol. The second-order valence-electron chi connectivity index (χ2n) is 6.78. The first-order valence-electron chi connectivity index (χ1n) is 9.64. The van der Waals surface area contributed by atoms with Gasteiger partial charge in [0.25, 0.3) is 5.91 Å². The van der Waals surface area contributed by atoms with Crippen LogP contribution >= 0.6 is 11.8 Å². The van der Waals surface area contributed by atoms with Crippen molar-refractivity contribution < 1.29 is 14.3 Å². The molecule has 154 valence electrons. The molecule has 0 aromatic heterocycles. The summed E-state index contributed by atoms with van der Waals surface area (Å²) >= 11 is 1.46. The molecule has 0 bridgehead atoms. The Kier molecular flexibility index (Phi) is 6.19. The van der Waals surface area contributed by atoms with E-state index in [4.69, 9.17) is 4.74 Å². The Hall–Kier alpha value is -3.77. The summed E-state index contributed by atoms with van der Waals surface area (Å²) in [5, 5.41) is 5.71. The number of thioether (sulfide) groups is 1. The maximum atomic E-state index is 12.3. The largest absolute Gasteiger partial charge is 0.497 e. The molecule has 2 N–H and O–H groups in total. The van der Waals surface area contributed by atoms with Crippen molar-refractivity contribution in [3.8, 4) is 5.75 Å². The molecule has 0 atom stereocenters. The van der Waals surface area contributed by atoms with E-state index in [1.54, 1.807) is 37.5 Å². The fourth-order valence-corrected chi connectivity index (χ4v) is 3.94. The molecule has 0 radical (unpaired) electrons. The number of methoxy groups -OCH3 is 1. The van der Waals surface area contributed by atoms with E-state index in [9.17, 15) is 9.59 Å². The summed E-state index contributed by atoms with van der Waals surface area (Å²) < 4.78 is 5.10. The van der Waals surface area contributed by atoms with Gasteiger partial charge in [-0.3, -0.25) is 9.59 Å². The fourth-order valence-electron chi connectivity index (χ4n) is 2.99. The van der Waals surface area contributed by atoms with E-state index in [-0.39, 0.29) is 11.8 Å². The average Bonchev–Trinajstić information content (AvgIpc) is 2.79. The minimum atomic E-state index is -0.217. The van der Waals surface area contributed by atoms with E-state index in [0.717, 1.165) is 27.5 Å². The zero-order chi connectivity index (χ0) is 21.6. The van der Waals surface area contributed by atoms with Crippen LogP contribution in [0, 0.1) is 0 Å². The van der Waals surface area contributed by atoms with Gasteiger partial charge in [-0.1, -0.05) is 48.2 Å². The third-order valence-corrected chi connectivity index (χ3v) is 5.70. The van der Waals surface area contributed by atoms with E-state index >= 15 is 0 Å². The van der Waals surface area contributed by atoms with Crippen molar-refractivity contribution in [1.82, 2.24) is 0 Å². The van der Waals surface area contributed by atoms with E-state index in [2.05, 4.69) is 10.6 Å². The summed E-state index contributed by atoms with van der Waals surface area (Å²) in [5.41, 5.74) is 3.33. The summed E-state index contributed by atoms with van der Waals surface area (Å²) in [6, 6.07) is 22.5. The number of rotatable bonds is 5. The molecule has 0 saturated heterocycles. The van der Waals surface area contributed by atoms with Crippen LogP contribution in [0.2, 0.25) is 0 Å². The van der Waals surface area contributed by atoms with Gasteiger partial charge in [0.05, 0.1) is 17.7 Å². The zero-order valence-electron chi connectivity index (χ0n) is 16.8. The van der Waals surface area contributed by atoms with Crippen molar-refractivity contribution in [3.63, 3.8) is 0 Å². The zero-order valence-corrected chi connectivity index (χ0v) is 17.6. The van der Waals surface area contributed by atoms with Gasteiger partial charge >= 0.3 is 0 Å². The van der Waals surface area contributed by atoms with Crippen molar-refractivity contribution in [3.05, 3.63) is 94.9 Å². The number of carbonyl (C=O) groups is 2. The number of amides is 2. The second kappa shape index (κ2) is 9.36. The van der Waals surface area contributed by atoms with Crippen LogP contribution in [-0.2, 0) is 9.59 Å². The summed E-state index contributed by atoms with van der Waals surface area (Å²) in [6.45, 7) is 0. The number of benzene rings is 3. The fraction of sp³-hybridized carbons (Fsp3) is 0.0400. The Morgan fingerprint density at radius 1 is 0.968 bits per heavy atom. The average molecular weight is 429 g/mol. The Morgan fingerprint density at radius 2 is 1.68 bits per heavy atom. The number of para-hydroxylation sites is 1. The first-order valence-corrected chi connectivity index (χ1v) is 10.5. The molecular weight excluding hydrogens is 408 g/mol. The van der Waals surface area contributed by atoms with Gasteiger partial charge < -0.3 is 15.4 Å². The molecule has 1 heterocycles. The highest BCUT2D eigenvalue weighted by molar-refractivity contribution is 8.04. The third-order valence-electron chi connectivity index (χ3n) is 4.60. The normalized spacial score (nSPS) is 14.2. The van der Waals surface area contributed by atoms with E-state index in [0.29, 0.717) is 10.6 Å². The summed E-state index contributed by atoms with van der Waals surface area (Å²) in [7, 11) is 1.60. The van der Waals surface area contributed by atoms with Crippen LogP contribution in [0.15, 0.2) is 88.7 Å². The molecule has 0 fully saturated rings. The minimum absolute atomic E-state index is 0.108. The van der Waals surface area contributed by atoms with Crippen molar-refractivity contribution >= 4 is 47.1 Å². The molecule has 2 amide bonds. The van der Waals surface area contributed by atoms with Gasteiger partial charge in [0.1, 0.15) is 5.75 Å². The number of fused-ring (bicyclic) bond motifs is 1. The number of hydrogen-bond acceptors (Lipinski definition) is 4. The van der Waals surface area contributed by atoms with E-state index < -0.39 is 0 Å². The van der Waals surface area contributed by atoms with E-state index in [1.165, 1.54) is 17.8 Å². The van der Waals surface area contributed by atoms with Gasteiger partial charge in [-0.05, 0) is 59.7 Å². The molecule has 3 aromatic carbocycles. The van der Waals surface area contributed by atoms with Crippen LogP contribution in [0.25, 0.3) is 12.2 Å². The Morgan fingerprint density at radius 3 is 2.42 bits per heavy atom. The van der Waals surface area contributed by atoms with Crippen LogP contribution in [0.1, 0.15) is 11.1 Å². The van der Waals surface area contributed by atoms with Gasteiger partial charge in [-0.15, -0.1) is 0 Å². The lowest BCUT2D eigenvalue weighted by atomic mass is 10.1. The molecule has 31 heavy (non-hydrogen) atoms. The highest BCUT2D eigenvalue weighted by atomic mass is 32.2. The number of carbonyl (C=O) groups excluding carboxylic acids is 2. The topological polar surface area (TPSA) is 67.4 Å². The lowest BCUT2D eigenvalue weighted by Gasteiger charge is -2.18. The third kappa shape index (κ3) is 5.24. The van der Waals surface area contributed by atoms with Crippen molar-refractivity contribution in [1.29, 1.82) is 0 Å². The summed E-state index contributed by atoms with van der Waals surface area (Å²) in [4.78, 5) is 26.1. The molecular formula is C25H20N2O3S. The summed E-state index contributed by atoms with van der Waals surface area (Å²) in [6.07, 6.45) is 5.09. The SMILES string of the molecule is COc1ccc(NC(=O)/C=C/c2ccc(/C=C3\Sc4ccccc4NC3=O)cc2)cc1. The predicted octanol–water partition coefficient (Wildman–Crippen LogP) is 5.43. The highest BCUT2D eigenvalue weighted by Crippen LogP contribution is 2.38. The molecule has 6 heteroatoms. The number of ether oxygens (including phenoxy) is 1. The molecule has 0 saturated carbocycles. The van der Waals surface area contributed by atoms with E-state index in [1.807, 2.05) is 54.6 Å². The second-order valence-corrected chi connectivity index (χ2v) is 7.86. The summed E-state index contributed by atoms with van der Waals surface area (Å²) in [5.74, 6) is 0.407. The quantitative estimate of drug-likeness (QED) is 0.532. The van der Waals surface area contributed by atoms with Crippen LogP contribution in [0.4, 0.5) is 11.4 Å². The first kappa shape index (κ1) is 20.5. The smallest absolute Gasteiger partial charge is 0.262 e. The van der Waals surface area contributed by atoms with Crippen molar-refractivity contribution in [2.75, 3.05) is 17.7 Å². The van der Waals surface area contributed by atoms with Gasteiger partial charge in [0.15, 0.2) is 0 Å². The Labute approximate surface area is 184 Å². The molecule has 3 aromatic rings. The Balaban J connectivity index is 1.39. The van der Waals surface area contributed by atoms with Crippen LogP contribution in [0.5, 0.6) is 5.75 Å². The Bertz CT molecular complexity index is 1170. The van der Waals surface area contributed by atoms with Gasteiger partial charge in [-0.2, -0.15) is 0 Å². The lowest BCUT2D eigenvalue weighted by Crippen LogP contribution is -2.17. The minimum Gasteiger partial charge on any atom is -0.497 e. The molecule has 1 aliphatic heterocycles. The highest BCUT2D eigenvalue weighted by Gasteiger charge is 2.20. The van der Waals surface area contributed by atoms with Gasteiger partial charge in [0.2, 0.25) is 5.91 Å². The molecule has 5 nitrogen and oxygen atoms in total. The maximum absolute atomic E-state index is 12.3. The lowest BCUT2D eigenvalue weighted by molar-refractivity contribution is -0.112. The van der Waals surface area contributed by atoms with Crippen molar-refractivity contribution in [2.24, 2.45) is 0 Å². The van der Waals surface area contributed by atoms with Gasteiger partial charge in [0, 0.05) is 16.7 Å². The van der Waals surface area contributed by atoms with Crippen LogP contribution in [-0.4, -0.2) is 18.9 Å². The molecule has 0 spiro atoms. The standard InChI is InChI=1S/C25H20N2O3S/c1-30-20-13-11-19(12-14-20)26-24(28)15-10-17-6-8-18(9-7-17)16-23-25(29)27-21-4-2-3-5-22(21)31-23/h2-16H,1H3,(H,26,28)(H,27,29)/b15-10+,23-16-. The molecule has 4 rings (SSSR count). The number of hydrogen-bond donors (Lipinski definition) is 2. The monoisotopic (exact) mass is 428 g/mol. The molecule has 0 unspecified atom stereocenters.